The van der Waals surface area contributed by atoms with Crippen LogP contribution >= 0.6 is 0 Å². The molecule has 0 radical (unpaired) electrons. The highest BCUT2D eigenvalue weighted by Crippen LogP contribution is 2.24. The summed E-state index contributed by atoms with van der Waals surface area (Å²) in [5, 5.41) is 5.42. The summed E-state index contributed by atoms with van der Waals surface area (Å²) in [6.07, 6.45) is 4.09. The van der Waals surface area contributed by atoms with Crippen LogP contribution in [-0.4, -0.2) is 25.5 Å². The Balaban J connectivity index is 1.75. The summed E-state index contributed by atoms with van der Waals surface area (Å²) in [6, 6.07) is 7.06. The van der Waals surface area contributed by atoms with Crippen LogP contribution in [0.1, 0.15) is 25.7 Å². The lowest BCUT2D eigenvalue weighted by Gasteiger charge is -2.10. The average molecular weight is 276 g/mol. The minimum Gasteiger partial charge on any atom is -0.497 e. The van der Waals surface area contributed by atoms with Crippen molar-refractivity contribution >= 4 is 17.5 Å². The third kappa shape index (κ3) is 3.98. The molecule has 0 bridgehead atoms. The normalized spacial score (nSPS) is 14.8. The van der Waals surface area contributed by atoms with Crippen LogP contribution in [0, 0.1) is 5.92 Å². The Morgan fingerprint density at radius 3 is 2.45 bits per heavy atom. The molecule has 0 spiro atoms. The van der Waals surface area contributed by atoms with Gasteiger partial charge >= 0.3 is 0 Å². The zero-order valence-electron chi connectivity index (χ0n) is 11.6. The summed E-state index contributed by atoms with van der Waals surface area (Å²) < 4.78 is 5.04. The van der Waals surface area contributed by atoms with E-state index in [-0.39, 0.29) is 24.3 Å². The van der Waals surface area contributed by atoms with Gasteiger partial charge in [0.05, 0.1) is 13.7 Å². The number of nitrogens with one attached hydrogen (secondary N) is 2. The number of hydrogen-bond acceptors (Lipinski definition) is 3. The first-order valence-electron chi connectivity index (χ1n) is 6.90. The maximum absolute atomic E-state index is 11.8. The fraction of sp³-hybridized carbons (Fsp3) is 0.467. The average Bonchev–Trinajstić information content (AvgIpc) is 3.00. The predicted octanol–water partition coefficient (Wildman–Crippen LogP) is 1.94. The van der Waals surface area contributed by atoms with Crippen molar-refractivity contribution in [2.45, 2.75) is 25.7 Å². The Labute approximate surface area is 118 Å². The second kappa shape index (κ2) is 6.93. The van der Waals surface area contributed by atoms with Gasteiger partial charge in [0.1, 0.15) is 5.75 Å². The summed E-state index contributed by atoms with van der Waals surface area (Å²) in [6.45, 7) is 0.0152. The Bertz CT molecular complexity index is 465. The standard InChI is InChI=1S/C15H20N2O3/c1-20-13-8-6-12(7-9-13)17-14(18)10-16-15(19)11-4-2-3-5-11/h6-9,11H,2-5,10H2,1H3,(H,16,19)(H,17,18). The minimum absolute atomic E-state index is 0.00705. The monoisotopic (exact) mass is 276 g/mol. The molecule has 1 aromatic rings. The first kappa shape index (κ1) is 14.4. The van der Waals surface area contributed by atoms with Crippen molar-refractivity contribution in [2.75, 3.05) is 19.0 Å². The quantitative estimate of drug-likeness (QED) is 0.863. The van der Waals surface area contributed by atoms with Crippen LogP contribution in [0.4, 0.5) is 5.69 Å². The number of methoxy groups -OCH3 is 1. The molecule has 5 nitrogen and oxygen atoms in total. The van der Waals surface area contributed by atoms with Crippen molar-refractivity contribution in [1.82, 2.24) is 5.32 Å². The molecule has 0 atom stereocenters. The second-order valence-electron chi connectivity index (χ2n) is 4.98. The maximum atomic E-state index is 11.8. The van der Waals surface area contributed by atoms with Gasteiger partial charge in [0.25, 0.3) is 0 Å². The van der Waals surface area contributed by atoms with Crippen molar-refractivity contribution in [3.05, 3.63) is 24.3 Å². The summed E-state index contributed by atoms with van der Waals surface area (Å²) in [5.41, 5.74) is 0.686. The lowest BCUT2D eigenvalue weighted by molar-refractivity contribution is -0.127. The molecule has 2 amide bonds. The van der Waals surface area contributed by atoms with Crippen molar-refractivity contribution in [2.24, 2.45) is 5.92 Å². The van der Waals surface area contributed by atoms with Gasteiger partial charge in [-0.15, -0.1) is 0 Å². The van der Waals surface area contributed by atoms with Gasteiger partial charge in [0.15, 0.2) is 0 Å². The number of hydrogen-bond donors (Lipinski definition) is 2. The molecule has 0 aromatic heterocycles. The Kier molecular flexibility index (Phi) is 4.98. The number of carbonyl (C=O) groups excluding carboxylic acids is 2. The van der Waals surface area contributed by atoms with Crippen LogP contribution in [0.5, 0.6) is 5.75 Å². The number of amides is 2. The summed E-state index contributed by atoms with van der Waals surface area (Å²) in [4.78, 5) is 23.5. The molecule has 108 valence electrons. The van der Waals surface area contributed by atoms with E-state index in [9.17, 15) is 9.59 Å². The molecule has 2 rings (SSSR count). The van der Waals surface area contributed by atoms with Gasteiger partial charge in [-0.3, -0.25) is 9.59 Å². The fourth-order valence-electron chi connectivity index (χ4n) is 2.38. The third-order valence-corrected chi connectivity index (χ3v) is 3.52. The lowest BCUT2D eigenvalue weighted by Crippen LogP contribution is -2.36. The molecule has 1 aromatic carbocycles. The number of benzene rings is 1. The molecule has 20 heavy (non-hydrogen) atoms. The zero-order valence-corrected chi connectivity index (χ0v) is 11.6. The number of anilines is 1. The fourth-order valence-corrected chi connectivity index (χ4v) is 2.38. The topological polar surface area (TPSA) is 67.4 Å². The number of carbonyl (C=O) groups is 2. The van der Waals surface area contributed by atoms with Crippen LogP contribution in [0.2, 0.25) is 0 Å². The summed E-state index contributed by atoms with van der Waals surface area (Å²) in [7, 11) is 1.59. The summed E-state index contributed by atoms with van der Waals surface area (Å²) >= 11 is 0. The van der Waals surface area contributed by atoms with Gasteiger partial charge in [0, 0.05) is 11.6 Å². The Morgan fingerprint density at radius 2 is 1.85 bits per heavy atom. The van der Waals surface area contributed by atoms with E-state index in [0.717, 1.165) is 31.4 Å². The van der Waals surface area contributed by atoms with Gasteiger partial charge in [-0.1, -0.05) is 12.8 Å². The molecule has 2 N–H and O–H groups in total. The smallest absolute Gasteiger partial charge is 0.243 e. The molecular weight excluding hydrogens is 256 g/mol. The van der Waals surface area contributed by atoms with Crippen LogP contribution in [0.3, 0.4) is 0 Å². The van der Waals surface area contributed by atoms with Gasteiger partial charge in [-0.25, -0.2) is 0 Å². The van der Waals surface area contributed by atoms with E-state index in [1.165, 1.54) is 0 Å². The highest BCUT2D eigenvalue weighted by Gasteiger charge is 2.22. The second-order valence-corrected chi connectivity index (χ2v) is 4.98. The molecule has 5 heteroatoms. The highest BCUT2D eigenvalue weighted by atomic mass is 16.5. The van der Waals surface area contributed by atoms with Crippen molar-refractivity contribution in [3.63, 3.8) is 0 Å². The van der Waals surface area contributed by atoms with Gasteiger partial charge in [0.2, 0.25) is 11.8 Å². The summed E-state index contributed by atoms with van der Waals surface area (Å²) in [5.74, 6) is 0.593. The molecular formula is C15H20N2O3. The van der Waals surface area contributed by atoms with Crippen molar-refractivity contribution < 1.29 is 14.3 Å². The zero-order chi connectivity index (χ0) is 14.4. The number of rotatable bonds is 5. The van der Waals surface area contributed by atoms with E-state index in [1.54, 1.807) is 31.4 Å². The van der Waals surface area contributed by atoms with Crippen LogP contribution < -0.4 is 15.4 Å². The molecule has 0 heterocycles. The molecule has 1 aliphatic rings. The largest absolute Gasteiger partial charge is 0.497 e. The highest BCUT2D eigenvalue weighted by molar-refractivity contribution is 5.94. The minimum atomic E-state index is -0.221. The van der Waals surface area contributed by atoms with Crippen molar-refractivity contribution in [1.29, 1.82) is 0 Å². The molecule has 1 saturated carbocycles. The third-order valence-electron chi connectivity index (χ3n) is 3.52. The molecule has 1 aliphatic carbocycles. The van der Waals surface area contributed by atoms with Crippen LogP contribution in [-0.2, 0) is 9.59 Å². The first-order valence-corrected chi connectivity index (χ1v) is 6.90. The van der Waals surface area contributed by atoms with E-state index < -0.39 is 0 Å². The van der Waals surface area contributed by atoms with E-state index in [0.29, 0.717) is 5.69 Å². The van der Waals surface area contributed by atoms with E-state index in [2.05, 4.69) is 10.6 Å². The van der Waals surface area contributed by atoms with Crippen LogP contribution in [0.15, 0.2) is 24.3 Å². The SMILES string of the molecule is COc1ccc(NC(=O)CNC(=O)C2CCCC2)cc1. The van der Waals surface area contributed by atoms with E-state index in [4.69, 9.17) is 4.74 Å². The molecule has 0 aliphatic heterocycles. The van der Waals surface area contributed by atoms with E-state index in [1.807, 2.05) is 0 Å². The lowest BCUT2D eigenvalue weighted by atomic mass is 10.1. The molecule has 1 fully saturated rings. The van der Waals surface area contributed by atoms with Crippen LogP contribution in [0.25, 0.3) is 0 Å². The van der Waals surface area contributed by atoms with Gasteiger partial charge in [-0.05, 0) is 37.1 Å². The Morgan fingerprint density at radius 1 is 1.20 bits per heavy atom. The first-order chi connectivity index (χ1) is 9.69. The van der Waals surface area contributed by atoms with Gasteiger partial charge < -0.3 is 15.4 Å². The van der Waals surface area contributed by atoms with Gasteiger partial charge in [-0.2, -0.15) is 0 Å². The van der Waals surface area contributed by atoms with Crippen molar-refractivity contribution in [3.8, 4) is 5.75 Å². The predicted molar refractivity (Wildman–Crippen MR) is 76.6 cm³/mol. The molecule has 0 unspecified atom stereocenters. The Hall–Kier alpha value is -2.04. The molecule has 0 saturated heterocycles. The maximum Gasteiger partial charge on any atom is 0.243 e. The van der Waals surface area contributed by atoms with E-state index >= 15 is 0 Å². The number of ether oxygens (including phenoxy) is 1.